The fraction of sp³-hybridized carbons (Fsp3) is 0.909. The highest BCUT2D eigenvalue weighted by Crippen LogP contribution is 2.37. The van der Waals surface area contributed by atoms with E-state index < -0.39 is 30.8 Å². The highest BCUT2D eigenvalue weighted by atomic mass is 19.4. The SMILES string of the molecule is O=C([C@@H]1CCCCN1)N1CCC(O)(C(F)(F)F)C1. The van der Waals surface area contributed by atoms with Crippen LogP contribution in [0.5, 0.6) is 0 Å². The van der Waals surface area contributed by atoms with Crippen molar-refractivity contribution in [2.24, 2.45) is 0 Å². The summed E-state index contributed by atoms with van der Waals surface area (Å²) < 4.78 is 37.9. The summed E-state index contributed by atoms with van der Waals surface area (Å²) in [7, 11) is 0. The highest BCUT2D eigenvalue weighted by molar-refractivity contribution is 5.82. The number of nitrogens with zero attached hydrogens (tertiary/aromatic N) is 1. The fourth-order valence-corrected chi connectivity index (χ4v) is 2.50. The van der Waals surface area contributed by atoms with Crippen LogP contribution in [0.4, 0.5) is 13.2 Å². The average molecular weight is 266 g/mol. The summed E-state index contributed by atoms with van der Waals surface area (Å²) in [5, 5.41) is 12.5. The molecule has 104 valence electrons. The van der Waals surface area contributed by atoms with E-state index in [0.29, 0.717) is 13.0 Å². The van der Waals surface area contributed by atoms with E-state index in [0.717, 1.165) is 17.7 Å². The molecule has 2 heterocycles. The second-order valence-electron chi connectivity index (χ2n) is 5.04. The molecule has 1 amide bonds. The zero-order valence-electron chi connectivity index (χ0n) is 9.96. The zero-order chi connectivity index (χ0) is 13.4. The van der Waals surface area contributed by atoms with Crippen LogP contribution < -0.4 is 5.32 Å². The number of aliphatic hydroxyl groups is 1. The first kappa shape index (κ1) is 13.6. The second kappa shape index (κ2) is 4.70. The number of rotatable bonds is 1. The van der Waals surface area contributed by atoms with Gasteiger partial charge in [-0.05, 0) is 19.4 Å². The minimum atomic E-state index is -4.68. The molecule has 1 unspecified atom stereocenters. The summed E-state index contributed by atoms with van der Waals surface area (Å²) in [5.41, 5.74) is -2.74. The first-order chi connectivity index (χ1) is 8.33. The van der Waals surface area contributed by atoms with Crippen molar-refractivity contribution in [2.45, 2.75) is 43.5 Å². The van der Waals surface area contributed by atoms with Gasteiger partial charge >= 0.3 is 6.18 Å². The minimum Gasteiger partial charge on any atom is -0.379 e. The van der Waals surface area contributed by atoms with Crippen LogP contribution in [0, 0.1) is 0 Å². The number of halogens is 3. The van der Waals surface area contributed by atoms with Crippen LogP contribution in [0.1, 0.15) is 25.7 Å². The molecule has 2 saturated heterocycles. The number of amides is 1. The molecule has 18 heavy (non-hydrogen) atoms. The van der Waals surface area contributed by atoms with Crippen LogP contribution >= 0.6 is 0 Å². The van der Waals surface area contributed by atoms with E-state index in [2.05, 4.69) is 5.32 Å². The van der Waals surface area contributed by atoms with Gasteiger partial charge in [-0.2, -0.15) is 13.2 Å². The Bertz CT molecular complexity index is 329. The molecule has 0 aromatic carbocycles. The lowest BCUT2D eigenvalue weighted by Gasteiger charge is -2.29. The van der Waals surface area contributed by atoms with Gasteiger partial charge in [0.2, 0.25) is 5.91 Å². The largest absolute Gasteiger partial charge is 0.419 e. The predicted octanol–water partition coefficient (Wildman–Crippen LogP) is 0.654. The number of β-amino-alcohol motifs (C(OH)–C–C–N with tert-alkyl or cyclic N) is 1. The summed E-state index contributed by atoms with van der Waals surface area (Å²) >= 11 is 0. The van der Waals surface area contributed by atoms with Crippen molar-refractivity contribution in [2.75, 3.05) is 19.6 Å². The number of likely N-dealkylation sites (tertiary alicyclic amines) is 1. The first-order valence-electron chi connectivity index (χ1n) is 6.15. The molecule has 2 N–H and O–H groups in total. The van der Waals surface area contributed by atoms with Crippen molar-refractivity contribution >= 4 is 5.91 Å². The molecule has 0 aromatic rings. The van der Waals surface area contributed by atoms with E-state index >= 15 is 0 Å². The molecule has 2 aliphatic heterocycles. The van der Waals surface area contributed by atoms with Gasteiger partial charge in [-0.15, -0.1) is 0 Å². The minimum absolute atomic E-state index is 0.0347. The first-order valence-corrected chi connectivity index (χ1v) is 6.15. The van der Waals surface area contributed by atoms with E-state index in [1.54, 1.807) is 0 Å². The Hall–Kier alpha value is -0.820. The molecule has 0 aromatic heterocycles. The Kier molecular flexibility index (Phi) is 3.55. The van der Waals surface area contributed by atoms with E-state index in [1.165, 1.54) is 0 Å². The Balaban J connectivity index is 1.98. The second-order valence-corrected chi connectivity index (χ2v) is 5.04. The summed E-state index contributed by atoms with van der Waals surface area (Å²) in [4.78, 5) is 13.1. The van der Waals surface area contributed by atoms with Gasteiger partial charge in [0.25, 0.3) is 0 Å². The lowest BCUT2D eigenvalue weighted by atomic mass is 10.0. The zero-order valence-corrected chi connectivity index (χ0v) is 9.96. The van der Waals surface area contributed by atoms with Crippen molar-refractivity contribution in [1.29, 1.82) is 0 Å². The fourth-order valence-electron chi connectivity index (χ4n) is 2.50. The number of piperidine rings is 1. The maximum atomic E-state index is 12.6. The molecule has 0 spiro atoms. The molecular weight excluding hydrogens is 249 g/mol. The molecule has 0 radical (unpaired) electrons. The van der Waals surface area contributed by atoms with E-state index in [9.17, 15) is 23.1 Å². The third-order valence-corrected chi connectivity index (χ3v) is 3.70. The number of carbonyl (C=O) groups is 1. The van der Waals surface area contributed by atoms with Gasteiger partial charge in [-0.25, -0.2) is 0 Å². The van der Waals surface area contributed by atoms with Crippen LogP contribution in [-0.2, 0) is 4.79 Å². The molecule has 2 rings (SSSR count). The number of hydrogen-bond donors (Lipinski definition) is 2. The van der Waals surface area contributed by atoms with Gasteiger partial charge in [-0.3, -0.25) is 4.79 Å². The van der Waals surface area contributed by atoms with Gasteiger partial charge in [0.15, 0.2) is 5.60 Å². The molecule has 0 saturated carbocycles. The molecule has 2 atom stereocenters. The van der Waals surface area contributed by atoms with Gasteiger partial charge in [0, 0.05) is 13.0 Å². The monoisotopic (exact) mass is 266 g/mol. The number of hydrogen-bond acceptors (Lipinski definition) is 3. The molecular formula is C11H17F3N2O2. The van der Waals surface area contributed by atoms with E-state index in [1.807, 2.05) is 0 Å². The quantitative estimate of drug-likeness (QED) is 0.733. The summed E-state index contributed by atoms with van der Waals surface area (Å²) in [5.74, 6) is -0.324. The van der Waals surface area contributed by atoms with E-state index in [-0.39, 0.29) is 12.5 Å². The summed E-state index contributed by atoms with van der Waals surface area (Å²) in [6, 6.07) is -0.394. The van der Waals surface area contributed by atoms with Gasteiger partial charge in [0.1, 0.15) is 0 Å². The number of nitrogens with one attached hydrogen (secondary N) is 1. The molecule has 0 bridgehead atoms. The number of carbonyl (C=O) groups excluding carboxylic acids is 1. The molecule has 2 aliphatic rings. The normalized spacial score (nSPS) is 33.8. The van der Waals surface area contributed by atoms with Crippen molar-refractivity contribution < 1.29 is 23.1 Å². The van der Waals surface area contributed by atoms with Crippen LogP contribution in [0.3, 0.4) is 0 Å². The molecule has 0 aliphatic carbocycles. The highest BCUT2D eigenvalue weighted by Gasteiger charge is 2.58. The lowest BCUT2D eigenvalue weighted by Crippen LogP contribution is -2.51. The maximum Gasteiger partial charge on any atom is 0.419 e. The maximum absolute atomic E-state index is 12.6. The average Bonchev–Trinajstić information content (AvgIpc) is 2.73. The van der Waals surface area contributed by atoms with Gasteiger partial charge in [-0.1, -0.05) is 6.42 Å². The Labute approximate surface area is 103 Å². The molecule has 2 fully saturated rings. The Morgan fingerprint density at radius 1 is 1.39 bits per heavy atom. The van der Waals surface area contributed by atoms with Crippen LogP contribution in [0.15, 0.2) is 0 Å². The summed E-state index contributed by atoms with van der Waals surface area (Å²) in [6.07, 6.45) is -2.58. The van der Waals surface area contributed by atoms with Crippen molar-refractivity contribution in [3.8, 4) is 0 Å². The van der Waals surface area contributed by atoms with Crippen molar-refractivity contribution in [3.05, 3.63) is 0 Å². The van der Waals surface area contributed by atoms with Crippen LogP contribution in [-0.4, -0.2) is 53.4 Å². The van der Waals surface area contributed by atoms with Crippen LogP contribution in [0.25, 0.3) is 0 Å². The Morgan fingerprint density at radius 2 is 2.11 bits per heavy atom. The lowest BCUT2D eigenvalue weighted by molar-refractivity contribution is -0.253. The Morgan fingerprint density at radius 3 is 2.61 bits per heavy atom. The van der Waals surface area contributed by atoms with Gasteiger partial charge in [0.05, 0.1) is 12.6 Å². The third kappa shape index (κ3) is 2.47. The molecule has 4 nitrogen and oxygen atoms in total. The predicted molar refractivity (Wildman–Crippen MR) is 57.8 cm³/mol. The van der Waals surface area contributed by atoms with Gasteiger partial charge < -0.3 is 15.3 Å². The topological polar surface area (TPSA) is 52.6 Å². The molecule has 7 heteroatoms. The third-order valence-electron chi connectivity index (χ3n) is 3.70. The summed E-state index contributed by atoms with van der Waals surface area (Å²) in [6.45, 7) is 0.0360. The smallest absolute Gasteiger partial charge is 0.379 e. The van der Waals surface area contributed by atoms with Crippen LogP contribution in [0.2, 0.25) is 0 Å². The number of alkyl halides is 3. The van der Waals surface area contributed by atoms with Crippen molar-refractivity contribution in [1.82, 2.24) is 10.2 Å². The standard InChI is InChI=1S/C11H17F3N2O2/c12-11(13,14)10(18)4-6-16(7-10)9(17)8-3-1-2-5-15-8/h8,15,18H,1-7H2/t8-,10?/m0/s1. The van der Waals surface area contributed by atoms with Crippen molar-refractivity contribution in [3.63, 3.8) is 0 Å². The van der Waals surface area contributed by atoms with E-state index in [4.69, 9.17) is 0 Å².